The highest BCUT2D eigenvalue weighted by molar-refractivity contribution is 5.48. The third-order valence-corrected chi connectivity index (χ3v) is 4.02. The third kappa shape index (κ3) is 2.62. The second-order valence-electron chi connectivity index (χ2n) is 5.60. The first-order valence-corrected chi connectivity index (χ1v) is 7.33. The molecule has 1 aliphatic rings. The van der Waals surface area contributed by atoms with Gasteiger partial charge >= 0.3 is 0 Å². The van der Waals surface area contributed by atoms with Crippen molar-refractivity contribution in [1.82, 2.24) is 5.32 Å². The Labute approximate surface area is 120 Å². The average Bonchev–Trinajstić information content (AvgIpc) is 2.46. The van der Waals surface area contributed by atoms with Crippen molar-refractivity contribution in [2.75, 3.05) is 6.54 Å². The zero-order valence-electron chi connectivity index (χ0n) is 11.8. The molecule has 0 aromatic heterocycles. The Balaban J connectivity index is 1.91. The van der Waals surface area contributed by atoms with Crippen LogP contribution in [0.25, 0.3) is 0 Å². The molecule has 2 heteroatoms. The van der Waals surface area contributed by atoms with E-state index in [1.807, 2.05) is 6.92 Å². The fourth-order valence-electron chi connectivity index (χ4n) is 2.98. The molecule has 2 aromatic carbocycles. The number of rotatable bonds is 4. The van der Waals surface area contributed by atoms with Gasteiger partial charge in [0.1, 0.15) is 0 Å². The van der Waals surface area contributed by atoms with Crippen LogP contribution in [0, 0.1) is 0 Å². The molecule has 3 rings (SSSR count). The van der Waals surface area contributed by atoms with E-state index in [-0.39, 0.29) is 12.1 Å². The summed E-state index contributed by atoms with van der Waals surface area (Å²) < 4.78 is 0. The minimum atomic E-state index is -0.253. The highest BCUT2D eigenvalue weighted by Gasteiger charge is 2.24. The van der Waals surface area contributed by atoms with Crippen LogP contribution in [0.2, 0.25) is 0 Å². The van der Waals surface area contributed by atoms with Crippen molar-refractivity contribution in [2.24, 2.45) is 0 Å². The number of aliphatic hydroxyl groups is 1. The Morgan fingerprint density at radius 3 is 2.15 bits per heavy atom. The molecule has 1 aliphatic carbocycles. The Morgan fingerprint density at radius 1 is 1.05 bits per heavy atom. The lowest BCUT2D eigenvalue weighted by Gasteiger charge is -2.29. The fourth-order valence-corrected chi connectivity index (χ4v) is 2.98. The molecule has 0 saturated heterocycles. The molecular weight excluding hydrogens is 246 g/mol. The normalized spacial score (nSPS) is 15.5. The molecule has 20 heavy (non-hydrogen) atoms. The van der Waals surface area contributed by atoms with Gasteiger partial charge in [0.25, 0.3) is 0 Å². The quantitative estimate of drug-likeness (QED) is 0.892. The van der Waals surface area contributed by atoms with E-state index in [9.17, 15) is 5.11 Å². The zero-order valence-corrected chi connectivity index (χ0v) is 11.8. The van der Waals surface area contributed by atoms with Gasteiger partial charge in [0.05, 0.1) is 12.1 Å². The maximum Gasteiger partial charge on any atom is 0.0582 e. The highest BCUT2D eigenvalue weighted by Crippen LogP contribution is 2.34. The largest absolute Gasteiger partial charge is 0.393 e. The summed E-state index contributed by atoms with van der Waals surface area (Å²) in [5.74, 6) is 0. The zero-order chi connectivity index (χ0) is 13.9. The molecule has 0 heterocycles. The number of benzene rings is 2. The highest BCUT2D eigenvalue weighted by atomic mass is 16.3. The molecule has 0 radical (unpaired) electrons. The van der Waals surface area contributed by atoms with Crippen LogP contribution >= 0.6 is 0 Å². The van der Waals surface area contributed by atoms with Crippen molar-refractivity contribution in [3.8, 4) is 0 Å². The molecule has 0 bridgehead atoms. The van der Waals surface area contributed by atoms with E-state index in [2.05, 4.69) is 53.8 Å². The maximum absolute atomic E-state index is 9.43. The molecule has 1 unspecified atom stereocenters. The van der Waals surface area contributed by atoms with Crippen LogP contribution in [0.5, 0.6) is 0 Å². The minimum Gasteiger partial charge on any atom is -0.393 e. The molecule has 0 saturated carbocycles. The van der Waals surface area contributed by atoms with E-state index in [4.69, 9.17) is 0 Å². The lowest BCUT2D eigenvalue weighted by molar-refractivity contribution is 0.183. The second kappa shape index (κ2) is 5.78. The first kappa shape index (κ1) is 13.3. The number of nitrogens with one attached hydrogen (secondary N) is 1. The van der Waals surface area contributed by atoms with Crippen molar-refractivity contribution in [3.05, 3.63) is 70.8 Å². The van der Waals surface area contributed by atoms with Gasteiger partial charge in [0.2, 0.25) is 0 Å². The van der Waals surface area contributed by atoms with Gasteiger partial charge < -0.3 is 10.4 Å². The Kier molecular flexibility index (Phi) is 3.86. The van der Waals surface area contributed by atoms with Gasteiger partial charge in [-0.1, -0.05) is 48.5 Å². The van der Waals surface area contributed by atoms with Crippen molar-refractivity contribution >= 4 is 0 Å². The first-order chi connectivity index (χ1) is 9.75. The molecule has 0 fully saturated rings. The number of fused-ring (bicyclic) bond motifs is 2. The number of hydrogen-bond donors (Lipinski definition) is 2. The second-order valence-corrected chi connectivity index (χ2v) is 5.60. The van der Waals surface area contributed by atoms with E-state index < -0.39 is 0 Å². The summed E-state index contributed by atoms with van der Waals surface area (Å²) in [6.07, 6.45) is 1.54. The van der Waals surface area contributed by atoms with Gasteiger partial charge in [-0.15, -0.1) is 0 Å². The predicted molar refractivity (Wildman–Crippen MR) is 81.8 cm³/mol. The van der Waals surface area contributed by atoms with Crippen molar-refractivity contribution in [1.29, 1.82) is 0 Å². The summed E-state index contributed by atoms with van der Waals surface area (Å²) in [4.78, 5) is 0. The lowest BCUT2D eigenvalue weighted by atomic mass is 9.82. The summed E-state index contributed by atoms with van der Waals surface area (Å²) in [5.41, 5.74) is 5.55. The maximum atomic E-state index is 9.43. The van der Waals surface area contributed by atoms with Crippen LogP contribution in [0.15, 0.2) is 48.5 Å². The van der Waals surface area contributed by atoms with Crippen LogP contribution in [0.4, 0.5) is 0 Å². The molecule has 2 nitrogen and oxygen atoms in total. The summed E-state index contributed by atoms with van der Waals surface area (Å²) in [6.45, 7) is 2.66. The predicted octanol–water partition coefficient (Wildman–Crippen LogP) is 3.04. The van der Waals surface area contributed by atoms with Gasteiger partial charge in [0.15, 0.2) is 0 Å². The lowest BCUT2D eigenvalue weighted by Crippen LogP contribution is -2.29. The monoisotopic (exact) mass is 267 g/mol. The SMILES string of the molecule is CC(O)CCNC1c2ccccc2Cc2ccccc21. The van der Waals surface area contributed by atoms with E-state index in [1.54, 1.807) is 0 Å². The van der Waals surface area contributed by atoms with Crippen molar-refractivity contribution in [2.45, 2.75) is 31.9 Å². The molecule has 1 atom stereocenters. The number of aliphatic hydroxyl groups excluding tert-OH is 1. The Morgan fingerprint density at radius 2 is 1.60 bits per heavy atom. The molecule has 0 spiro atoms. The molecule has 2 N–H and O–H groups in total. The van der Waals surface area contributed by atoms with E-state index >= 15 is 0 Å². The van der Waals surface area contributed by atoms with E-state index in [0.29, 0.717) is 0 Å². The Hall–Kier alpha value is -1.64. The van der Waals surface area contributed by atoms with Gasteiger partial charge in [-0.05, 0) is 48.6 Å². The third-order valence-electron chi connectivity index (χ3n) is 4.02. The summed E-state index contributed by atoms with van der Waals surface area (Å²) in [6, 6.07) is 17.5. The van der Waals surface area contributed by atoms with Gasteiger partial charge in [-0.3, -0.25) is 0 Å². The average molecular weight is 267 g/mol. The molecular formula is C18H21NO. The van der Waals surface area contributed by atoms with Crippen molar-refractivity contribution < 1.29 is 5.11 Å². The fraction of sp³-hybridized carbons (Fsp3) is 0.333. The van der Waals surface area contributed by atoms with Crippen molar-refractivity contribution in [3.63, 3.8) is 0 Å². The summed E-state index contributed by atoms with van der Waals surface area (Å²) >= 11 is 0. The van der Waals surface area contributed by atoms with Crippen LogP contribution in [-0.4, -0.2) is 17.8 Å². The molecule has 0 aliphatic heterocycles. The van der Waals surface area contributed by atoms with Gasteiger partial charge in [-0.2, -0.15) is 0 Å². The summed E-state index contributed by atoms with van der Waals surface area (Å²) in [7, 11) is 0. The standard InChI is InChI=1S/C18H21NO/c1-13(20)10-11-19-18-16-8-4-2-6-14(16)12-15-7-3-5-9-17(15)18/h2-9,13,18-20H,10-12H2,1H3. The van der Waals surface area contributed by atoms with Crippen LogP contribution in [0.3, 0.4) is 0 Å². The molecule has 0 amide bonds. The topological polar surface area (TPSA) is 32.3 Å². The minimum absolute atomic E-state index is 0.245. The number of hydrogen-bond acceptors (Lipinski definition) is 2. The molecule has 104 valence electrons. The van der Waals surface area contributed by atoms with E-state index in [0.717, 1.165) is 19.4 Å². The van der Waals surface area contributed by atoms with Crippen LogP contribution in [-0.2, 0) is 6.42 Å². The van der Waals surface area contributed by atoms with Crippen LogP contribution < -0.4 is 5.32 Å². The Bertz CT molecular complexity index is 546. The smallest absolute Gasteiger partial charge is 0.0582 e. The molecule has 2 aromatic rings. The van der Waals surface area contributed by atoms with Gasteiger partial charge in [-0.25, -0.2) is 0 Å². The van der Waals surface area contributed by atoms with Crippen LogP contribution in [0.1, 0.15) is 41.6 Å². The first-order valence-electron chi connectivity index (χ1n) is 7.33. The van der Waals surface area contributed by atoms with Gasteiger partial charge in [0, 0.05) is 0 Å². The van der Waals surface area contributed by atoms with E-state index in [1.165, 1.54) is 22.3 Å². The summed E-state index contributed by atoms with van der Waals surface area (Å²) in [5, 5.41) is 13.0.